The van der Waals surface area contributed by atoms with E-state index in [4.69, 9.17) is 9.73 Å². The Labute approximate surface area is 221 Å². The minimum Gasteiger partial charge on any atom is -0.456 e. The number of nitro groups is 1. The first-order valence-corrected chi connectivity index (χ1v) is 11.1. The third-order valence-electron chi connectivity index (χ3n) is 5.90. The molecule has 5 rings (SSSR count). The fourth-order valence-corrected chi connectivity index (χ4v) is 4.14. The molecule has 0 aliphatic carbocycles. The molecule has 36 heavy (non-hydrogen) atoms. The van der Waals surface area contributed by atoms with Gasteiger partial charge in [-0.05, 0) is 35.7 Å². The Morgan fingerprint density at radius 1 is 0.917 bits per heavy atom. The second-order valence-corrected chi connectivity index (χ2v) is 8.10. The molecule has 0 bridgehead atoms. The molecule has 0 fully saturated rings. The maximum Gasteiger partial charge on any atom is 0.270 e. The lowest BCUT2D eigenvalue weighted by Crippen LogP contribution is -2.20. The highest BCUT2D eigenvalue weighted by atomic mass is 35.5. The van der Waals surface area contributed by atoms with E-state index in [1.807, 2.05) is 72.8 Å². The molecule has 0 radical (unpaired) electrons. The van der Waals surface area contributed by atoms with E-state index in [2.05, 4.69) is 18.0 Å². The van der Waals surface area contributed by atoms with Crippen LogP contribution in [0.4, 0.5) is 11.4 Å². The zero-order valence-corrected chi connectivity index (χ0v) is 21.2. The number of halogens is 2. The van der Waals surface area contributed by atoms with E-state index >= 15 is 0 Å². The van der Waals surface area contributed by atoms with Gasteiger partial charge in [0, 0.05) is 47.9 Å². The first-order chi connectivity index (χ1) is 16.6. The second-order valence-electron chi connectivity index (χ2n) is 8.10. The molecule has 0 amide bonds. The first kappa shape index (κ1) is 26.7. The number of allylic oxidation sites excluding steroid dienone is 1. The summed E-state index contributed by atoms with van der Waals surface area (Å²) in [6, 6.07) is 26.6. The average Bonchev–Trinajstić information content (AvgIpc) is 3.02. The van der Waals surface area contributed by atoms with Crippen LogP contribution in [-0.2, 0) is 0 Å². The van der Waals surface area contributed by atoms with Gasteiger partial charge in [0.15, 0.2) is 0 Å². The molecule has 0 saturated heterocycles. The van der Waals surface area contributed by atoms with Gasteiger partial charge in [0.05, 0.1) is 17.2 Å². The van der Waals surface area contributed by atoms with E-state index in [0.717, 1.165) is 34.3 Å². The standard InChI is InChI=1S/C28H23N3O3.2ClH/c1-30-18-17-29-25(24-10-4-5-11-26(24)30)15-13-21-19-22(31(32)33)14-16-27(21)34-28-12-6-8-20-7-2-3-9-23(20)28;;/h2-16,19H,17-18H2,1H3;2*1H/b15-13+;;. The van der Waals surface area contributed by atoms with Crippen LogP contribution in [0.5, 0.6) is 11.5 Å². The number of para-hydroxylation sites is 1. The highest BCUT2D eigenvalue weighted by molar-refractivity contribution is 6.14. The van der Waals surface area contributed by atoms with Crippen LogP contribution in [0.3, 0.4) is 0 Å². The number of benzodiazepines with no additional fused rings is 1. The number of hydrogen-bond donors (Lipinski definition) is 0. The summed E-state index contributed by atoms with van der Waals surface area (Å²) in [5.41, 5.74) is 3.59. The van der Waals surface area contributed by atoms with Gasteiger partial charge in [0.1, 0.15) is 11.5 Å². The number of likely N-dealkylation sites (N-methyl/N-ethyl adjacent to an activating group) is 1. The van der Waals surface area contributed by atoms with Crippen LogP contribution in [0.15, 0.2) is 96.0 Å². The summed E-state index contributed by atoms with van der Waals surface area (Å²) in [6.45, 7) is 1.49. The van der Waals surface area contributed by atoms with Gasteiger partial charge in [-0.1, -0.05) is 54.6 Å². The third-order valence-corrected chi connectivity index (χ3v) is 5.90. The molecule has 0 atom stereocenters. The number of benzene rings is 4. The molecular weight excluding hydrogens is 497 g/mol. The summed E-state index contributed by atoms with van der Waals surface area (Å²) in [5.74, 6) is 1.23. The summed E-state index contributed by atoms with van der Waals surface area (Å²) in [6.07, 6.45) is 3.75. The predicted octanol–water partition coefficient (Wildman–Crippen LogP) is 7.34. The molecule has 6 nitrogen and oxygen atoms in total. The number of rotatable bonds is 5. The number of anilines is 1. The molecule has 8 heteroatoms. The molecule has 0 N–H and O–H groups in total. The molecule has 4 aromatic carbocycles. The van der Waals surface area contributed by atoms with Gasteiger partial charge in [-0.2, -0.15) is 0 Å². The van der Waals surface area contributed by atoms with Crippen molar-refractivity contribution in [2.75, 3.05) is 25.0 Å². The lowest BCUT2D eigenvalue weighted by atomic mass is 10.0. The van der Waals surface area contributed by atoms with Crippen molar-refractivity contribution in [1.82, 2.24) is 0 Å². The van der Waals surface area contributed by atoms with Gasteiger partial charge in [-0.25, -0.2) is 0 Å². The van der Waals surface area contributed by atoms with Gasteiger partial charge in [0.25, 0.3) is 5.69 Å². The van der Waals surface area contributed by atoms with Crippen LogP contribution >= 0.6 is 24.8 Å². The quantitative estimate of drug-likeness (QED) is 0.203. The Morgan fingerprint density at radius 2 is 1.67 bits per heavy atom. The Kier molecular flexibility index (Phi) is 8.69. The van der Waals surface area contributed by atoms with Crippen molar-refractivity contribution in [3.8, 4) is 11.5 Å². The molecule has 1 aliphatic rings. The van der Waals surface area contributed by atoms with Crippen LogP contribution in [0.2, 0.25) is 0 Å². The Balaban J connectivity index is 0.00000180. The van der Waals surface area contributed by atoms with Crippen molar-refractivity contribution in [1.29, 1.82) is 0 Å². The minimum absolute atomic E-state index is 0. The zero-order valence-electron chi connectivity index (χ0n) is 19.5. The number of non-ortho nitro benzene ring substituents is 1. The average molecular weight is 522 g/mol. The number of hydrogen-bond acceptors (Lipinski definition) is 5. The zero-order chi connectivity index (χ0) is 23.5. The van der Waals surface area contributed by atoms with Crippen molar-refractivity contribution in [2.24, 2.45) is 4.99 Å². The fourth-order valence-electron chi connectivity index (χ4n) is 4.14. The highest BCUT2D eigenvalue weighted by Crippen LogP contribution is 2.34. The van der Waals surface area contributed by atoms with Crippen molar-refractivity contribution in [2.45, 2.75) is 0 Å². The SMILES string of the molecule is CN1CCN=C(/C=C/c2cc([N+](=O)[O-])ccc2Oc2cccc3ccccc23)c2ccccc21.Cl.Cl. The van der Waals surface area contributed by atoms with Crippen LogP contribution in [0.25, 0.3) is 16.8 Å². The van der Waals surface area contributed by atoms with Crippen LogP contribution in [0, 0.1) is 10.1 Å². The highest BCUT2D eigenvalue weighted by Gasteiger charge is 2.15. The molecule has 1 heterocycles. The van der Waals surface area contributed by atoms with Gasteiger partial charge in [-0.3, -0.25) is 15.1 Å². The summed E-state index contributed by atoms with van der Waals surface area (Å²) in [5, 5.41) is 13.5. The summed E-state index contributed by atoms with van der Waals surface area (Å²) < 4.78 is 6.29. The van der Waals surface area contributed by atoms with Crippen LogP contribution in [0.1, 0.15) is 11.1 Å². The number of fused-ring (bicyclic) bond motifs is 2. The van der Waals surface area contributed by atoms with E-state index < -0.39 is 4.92 Å². The Bertz CT molecular complexity index is 1450. The maximum atomic E-state index is 11.5. The largest absolute Gasteiger partial charge is 0.456 e. The van der Waals surface area contributed by atoms with Crippen LogP contribution < -0.4 is 9.64 Å². The summed E-state index contributed by atoms with van der Waals surface area (Å²) >= 11 is 0. The molecule has 4 aromatic rings. The monoisotopic (exact) mass is 521 g/mol. The van der Waals surface area contributed by atoms with Gasteiger partial charge >= 0.3 is 0 Å². The van der Waals surface area contributed by atoms with Gasteiger partial charge in [0.2, 0.25) is 0 Å². The normalized spacial score (nSPS) is 12.7. The lowest BCUT2D eigenvalue weighted by molar-refractivity contribution is -0.384. The number of ether oxygens (including phenoxy) is 1. The topological polar surface area (TPSA) is 68.0 Å². The Hall–Kier alpha value is -3.87. The molecule has 1 aliphatic heterocycles. The molecule has 0 aromatic heterocycles. The molecule has 0 unspecified atom stereocenters. The van der Waals surface area contributed by atoms with Crippen LogP contribution in [-0.4, -0.2) is 30.8 Å². The van der Waals surface area contributed by atoms with Gasteiger partial charge in [-0.15, -0.1) is 24.8 Å². The number of nitrogens with zero attached hydrogens (tertiary/aromatic N) is 3. The fraction of sp³-hybridized carbons (Fsp3) is 0.107. The lowest BCUT2D eigenvalue weighted by Gasteiger charge is -2.18. The molecule has 0 saturated carbocycles. The van der Waals surface area contributed by atoms with Crippen molar-refractivity contribution < 1.29 is 9.66 Å². The van der Waals surface area contributed by atoms with Crippen molar-refractivity contribution in [3.63, 3.8) is 0 Å². The maximum absolute atomic E-state index is 11.5. The summed E-state index contributed by atoms with van der Waals surface area (Å²) in [4.78, 5) is 18.0. The first-order valence-electron chi connectivity index (χ1n) is 11.1. The van der Waals surface area contributed by atoms with Gasteiger partial charge < -0.3 is 9.64 Å². The predicted molar refractivity (Wildman–Crippen MR) is 152 cm³/mol. The smallest absolute Gasteiger partial charge is 0.270 e. The van der Waals surface area contributed by atoms with Crippen molar-refractivity contribution >= 4 is 58.7 Å². The summed E-state index contributed by atoms with van der Waals surface area (Å²) in [7, 11) is 2.05. The number of nitro benzene ring substituents is 1. The second kappa shape index (κ2) is 11.7. The van der Waals surface area contributed by atoms with E-state index in [1.54, 1.807) is 6.07 Å². The molecular formula is C28H25Cl2N3O3. The van der Waals surface area contributed by atoms with E-state index in [0.29, 0.717) is 23.6 Å². The molecule has 184 valence electrons. The van der Waals surface area contributed by atoms with E-state index in [-0.39, 0.29) is 30.5 Å². The number of aliphatic imine (C=N–C) groups is 1. The van der Waals surface area contributed by atoms with E-state index in [9.17, 15) is 10.1 Å². The minimum atomic E-state index is -0.396. The molecule has 0 spiro atoms. The van der Waals surface area contributed by atoms with Crippen molar-refractivity contribution in [3.05, 3.63) is 112 Å². The third kappa shape index (κ3) is 5.51. The van der Waals surface area contributed by atoms with E-state index in [1.165, 1.54) is 12.1 Å². The Morgan fingerprint density at radius 3 is 2.50 bits per heavy atom.